The molecule has 1 aliphatic heterocycles. The van der Waals surface area contributed by atoms with Gasteiger partial charge in [0.05, 0.1) is 6.54 Å². The standard InChI is InChI=1S/C14H17N3O2/c1-18-13-8-7-12(19-13)14-16-15-10-17(14)9-11-5-3-2-4-6-11/h2-6,10,12-13H,7-9H2,1H3. The molecule has 1 aromatic heterocycles. The van der Waals surface area contributed by atoms with Gasteiger partial charge in [0.1, 0.15) is 12.4 Å². The molecule has 3 rings (SSSR count). The number of methoxy groups -OCH3 is 1. The zero-order chi connectivity index (χ0) is 13.1. The highest BCUT2D eigenvalue weighted by Gasteiger charge is 2.29. The first-order valence-electron chi connectivity index (χ1n) is 6.46. The minimum Gasteiger partial charge on any atom is -0.356 e. The van der Waals surface area contributed by atoms with Crippen LogP contribution in [-0.2, 0) is 16.0 Å². The number of nitrogens with zero attached hydrogens (tertiary/aromatic N) is 3. The van der Waals surface area contributed by atoms with Crippen LogP contribution in [0.1, 0.15) is 30.3 Å². The molecule has 2 aromatic rings. The summed E-state index contributed by atoms with van der Waals surface area (Å²) in [4.78, 5) is 0. The first-order valence-corrected chi connectivity index (χ1v) is 6.46. The van der Waals surface area contributed by atoms with E-state index in [1.807, 2.05) is 22.8 Å². The molecule has 100 valence electrons. The molecule has 2 unspecified atom stereocenters. The van der Waals surface area contributed by atoms with Gasteiger partial charge < -0.3 is 14.0 Å². The summed E-state index contributed by atoms with van der Waals surface area (Å²) < 4.78 is 13.0. The van der Waals surface area contributed by atoms with Crippen LogP contribution >= 0.6 is 0 Å². The normalized spacial score (nSPS) is 22.8. The van der Waals surface area contributed by atoms with Gasteiger partial charge in [-0.3, -0.25) is 0 Å². The fourth-order valence-electron chi connectivity index (χ4n) is 2.39. The van der Waals surface area contributed by atoms with Crippen LogP contribution in [-0.4, -0.2) is 28.2 Å². The van der Waals surface area contributed by atoms with Crippen LogP contribution in [0, 0.1) is 0 Å². The van der Waals surface area contributed by atoms with Gasteiger partial charge >= 0.3 is 0 Å². The highest BCUT2D eigenvalue weighted by Crippen LogP contribution is 2.31. The molecule has 0 aliphatic carbocycles. The molecular weight excluding hydrogens is 242 g/mol. The molecule has 19 heavy (non-hydrogen) atoms. The Labute approximate surface area is 112 Å². The molecular formula is C14H17N3O2. The van der Waals surface area contributed by atoms with E-state index in [2.05, 4.69) is 22.3 Å². The van der Waals surface area contributed by atoms with E-state index in [0.29, 0.717) is 0 Å². The topological polar surface area (TPSA) is 49.2 Å². The van der Waals surface area contributed by atoms with Crippen LogP contribution in [0.4, 0.5) is 0 Å². The molecule has 0 bridgehead atoms. The zero-order valence-corrected chi connectivity index (χ0v) is 10.9. The van der Waals surface area contributed by atoms with Gasteiger partial charge in [0.2, 0.25) is 0 Å². The average Bonchev–Trinajstić information content (AvgIpc) is 3.08. The summed E-state index contributed by atoms with van der Waals surface area (Å²) in [6.45, 7) is 0.765. The van der Waals surface area contributed by atoms with Crippen LogP contribution < -0.4 is 0 Å². The van der Waals surface area contributed by atoms with Gasteiger partial charge in [0.15, 0.2) is 12.1 Å². The van der Waals surface area contributed by atoms with Crippen molar-refractivity contribution in [1.82, 2.24) is 14.8 Å². The molecule has 2 atom stereocenters. The van der Waals surface area contributed by atoms with Gasteiger partial charge in [-0.25, -0.2) is 0 Å². The Morgan fingerprint density at radius 1 is 1.32 bits per heavy atom. The van der Waals surface area contributed by atoms with Gasteiger partial charge in [0.25, 0.3) is 0 Å². The lowest BCUT2D eigenvalue weighted by Gasteiger charge is -2.13. The lowest BCUT2D eigenvalue weighted by molar-refractivity contribution is -0.118. The van der Waals surface area contributed by atoms with Gasteiger partial charge in [-0.05, 0) is 12.0 Å². The number of aromatic nitrogens is 3. The molecule has 0 spiro atoms. The van der Waals surface area contributed by atoms with Crippen LogP contribution in [0.25, 0.3) is 0 Å². The van der Waals surface area contributed by atoms with Crippen LogP contribution in [0.3, 0.4) is 0 Å². The van der Waals surface area contributed by atoms with E-state index in [0.717, 1.165) is 25.2 Å². The predicted octanol–water partition coefficient (Wildman–Crippen LogP) is 2.15. The highest BCUT2D eigenvalue weighted by atomic mass is 16.7. The van der Waals surface area contributed by atoms with Crippen molar-refractivity contribution in [3.05, 3.63) is 48.0 Å². The van der Waals surface area contributed by atoms with Crippen LogP contribution in [0.5, 0.6) is 0 Å². The molecule has 0 N–H and O–H groups in total. The summed E-state index contributed by atoms with van der Waals surface area (Å²) in [6.07, 6.45) is 3.44. The van der Waals surface area contributed by atoms with Gasteiger partial charge in [-0.2, -0.15) is 0 Å². The fraction of sp³-hybridized carbons (Fsp3) is 0.429. The smallest absolute Gasteiger partial charge is 0.162 e. The van der Waals surface area contributed by atoms with Gasteiger partial charge in [-0.15, -0.1) is 10.2 Å². The first-order chi connectivity index (χ1) is 9.36. The van der Waals surface area contributed by atoms with Crippen LogP contribution in [0.2, 0.25) is 0 Å². The third kappa shape index (κ3) is 2.67. The first kappa shape index (κ1) is 12.3. The quantitative estimate of drug-likeness (QED) is 0.844. The van der Waals surface area contributed by atoms with E-state index >= 15 is 0 Å². The fourth-order valence-corrected chi connectivity index (χ4v) is 2.39. The number of rotatable bonds is 4. The molecule has 1 saturated heterocycles. The second-order valence-electron chi connectivity index (χ2n) is 4.67. The predicted molar refractivity (Wildman–Crippen MR) is 69.4 cm³/mol. The maximum absolute atomic E-state index is 5.79. The summed E-state index contributed by atoms with van der Waals surface area (Å²) in [5.74, 6) is 0.878. The minimum atomic E-state index is -0.119. The van der Waals surface area contributed by atoms with E-state index in [-0.39, 0.29) is 12.4 Å². The lowest BCUT2D eigenvalue weighted by atomic mass is 10.2. The number of ether oxygens (including phenoxy) is 2. The van der Waals surface area contributed by atoms with Crippen molar-refractivity contribution in [2.24, 2.45) is 0 Å². The SMILES string of the molecule is COC1CCC(c2nncn2Cc2ccccc2)O1. The van der Waals surface area contributed by atoms with Crippen molar-refractivity contribution in [3.8, 4) is 0 Å². The summed E-state index contributed by atoms with van der Waals surface area (Å²) >= 11 is 0. The van der Waals surface area contributed by atoms with Crippen molar-refractivity contribution in [3.63, 3.8) is 0 Å². The minimum absolute atomic E-state index is 0.0174. The van der Waals surface area contributed by atoms with Crippen molar-refractivity contribution < 1.29 is 9.47 Å². The Morgan fingerprint density at radius 2 is 2.16 bits per heavy atom. The summed E-state index contributed by atoms with van der Waals surface area (Å²) in [5, 5.41) is 8.20. The number of benzene rings is 1. The Balaban J connectivity index is 1.76. The summed E-state index contributed by atoms with van der Waals surface area (Å²) in [5.41, 5.74) is 1.23. The molecule has 1 fully saturated rings. The molecule has 1 aliphatic rings. The molecule has 1 aromatic carbocycles. The Morgan fingerprint density at radius 3 is 2.89 bits per heavy atom. The number of hydrogen-bond donors (Lipinski definition) is 0. The maximum atomic E-state index is 5.79. The molecule has 0 saturated carbocycles. The molecule has 0 radical (unpaired) electrons. The average molecular weight is 259 g/mol. The van der Waals surface area contributed by atoms with E-state index in [4.69, 9.17) is 9.47 Å². The van der Waals surface area contributed by atoms with E-state index in [9.17, 15) is 0 Å². The highest BCUT2D eigenvalue weighted by molar-refractivity contribution is 5.15. The third-order valence-corrected chi connectivity index (χ3v) is 3.37. The maximum Gasteiger partial charge on any atom is 0.162 e. The van der Waals surface area contributed by atoms with E-state index in [1.54, 1.807) is 13.4 Å². The van der Waals surface area contributed by atoms with E-state index < -0.39 is 0 Å². The summed E-state index contributed by atoms with van der Waals surface area (Å²) in [7, 11) is 1.67. The second-order valence-corrected chi connectivity index (χ2v) is 4.67. The van der Waals surface area contributed by atoms with Crippen molar-refractivity contribution in [1.29, 1.82) is 0 Å². The second kappa shape index (κ2) is 5.50. The van der Waals surface area contributed by atoms with Crippen molar-refractivity contribution in [2.75, 3.05) is 7.11 Å². The largest absolute Gasteiger partial charge is 0.356 e. The molecule has 0 amide bonds. The molecule has 5 nitrogen and oxygen atoms in total. The molecule has 5 heteroatoms. The third-order valence-electron chi connectivity index (χ3n) is 3.37. The van der Waals surface area contributed by atoms with Crippen molar-refractivity contribution >= 4 is 0 Å². The Hall–Kier alpha value is -1.72. The monoisotopic (exact) mass is 259 g/mol. The summed E-state index contributed by atoms with van der Waals surface area (Å²) in [6, 6.07) is 10.3. The Bertz CT molecular complexity index is 526. The Kier molecular flexibility index (Phi) is 3.57. The van der Waals surface area contributed by atoms with Crippen molar-refractivity contribution in [2.45, 2.75) is 31.8 Å². The molecule has 2 heterocycles. The van der Waals surface area contributed by atoms with E-state index in [1.165, 1.54) is 5.56 Å². The van der Waals surface area contributed by atoms with Gasteiger partial charge in [0, 0.05) is 13.5 Å². The van der Waals surface area contributed by atoms with Gasteiger partial charge in [-0.1, -0.05) is 30.3 Å². The van der Waals surface area contributed by atoms with Crippen LogP contribution in [0.15, 0.2) is 36.7 Å². The lowest BCUT2D eigenvalue weighted by Crippen LogP contribution is -2.12. The zero-order valence-electron chi connectivity index (χ0n) is 10.9. The number of hydrogen-bond acceptors (Lipinski definition) is 4.